The van der Waals surface area contributed by atoms with Gasteiger partial charge < -0.3 is 0 Å². The summed E-state index contributed by atoms with van der Waals surface area (Å²) in [4.78, 5) is 1.99. The first-order chi connectivity index (χ1) is 5.18. The number of hydrogen-bond acceptors (Lipinski definition) is 3. The molecule has 0 rings (SSSR count). The summed E-state index contributed by atoms with van der Waals surface area (Å²) in [6.45, 7) is 7.96. The van der Waals surface area contributed by atoms with Crippen molar-refractivity contribution in [2.24, 2.45) is 0 Å². The van der Waals surface area contributed by atoms with Crippen LogP contribution < -0.4 is 0 Å². The van der Waals surface area contributed by atoms with Gasteiger partial charge in [0.1, 0.15) is 0 Å². The molecule has 0 aliphatic carbocycles. The average Bonchev–Trinajstić information content (AvgIpc) is 1.88. The molecule has 0 saturated carbocycles. The standard InChI is InChI=1S/3C2H5O.CH3.Sn/c3*1-2-3;;/h3*2H2,1H3;1H3;/q3*-1;;+3. The first kappa shape index (κ1) is 11.7. The summed E-state index contributed by atoms with van der Waals surface area (Å²) < 4.78 is 16.4. The van der Waals surface area contributed by atoms with Crippen molar-refractivity contribution in [2.45, 2.75) is 25.7 Å². The van der Waals surface area contributed by atoms with Gasteiger partial charge in [-0.25, -0.2) is 0 Å². The van der Waals surface area contributed by atoms with Crippen molar-refractivity contribution in [3.63, 3.8) is 0 Å². The Bertz CT molecular complexity index is 80.7. The van der Waals surface area contributed by atoms with Crippen molar-refractivity contribution in [1.29, 1.82) is 0 Å². The van der Waals surface area contributed by atoms with Gasteiger partial charge in [-0.1, -0.05) is 0 Å². The Morgan fingerprint density at radius 1 is 0.818 bits per heavy atom. The normalized spacial score (nSPS) is 12.0. The van der Waals surface area contributed by atoms with Crippen LogP contribution in [0.15, 0.2) is 0 Å². The molecule has 0 radical (unpaired) electrons. The van der Waals surface area contributed by atoms with E-state index < -0.39 is 19.6 Å². The van der Waals surface area contributed by atoms with Gasteiger partial charge in [0, 0.05) is 0 Å². The Morgan fingerprint density at radius 2 is 1.09 bits per heavy atom. The molecule has 68 valence electrons. The van der Waals surface area contributed by atoms with E-state index in [1.807, 2.05) is 25.7 Å². The molecule has 0 fully saturated rings. The molecule has 0 heterocycles. The third kappa shape index (κ3) is 5.00. The summed E-state index contributed by atoms with van der Waals surface area (Å²) in [5, 5.41) is 0. The van der Waals surface area contributed by atoms with Crippen LogP contribution in [0.1, 0.15) is 20.8 Å². The summed E-state index contributed by atoms with van der Waals surface area (Å²) in [6.07, 6.45) is 0. The van der Waals surface area contributed by atoms with Crippen molar-refractivity contribution in [1.82, 2.24) is 0 Å². The van der Waals surface area contributed by atoms with Crippen molar-refractivity contribution in [3.05, 3.63) is 0 Å². The topological polar surface area (TPSA) is 27.7 Å². The molecule has 11 heavy (non-hydrogen) atoms. The van der Waals surface area contributed by atoms with Gasteiger partial charge in [0.15, 0.2) is 0 Å². The van der Waals surface area contributed by atoms with Crippen molar-refractivity contribution >= 4 is 19.6 Å². The van der Waals surface area contributed by atoms with Crippen LogP contribution in [0.2, 0.25) is 4.94 Å². The Kier molecular flexibility index (Phi) is 6.61. The number of rotatable bonds is 6. The first-order valence-corrected chi connectivity index (χ1v) is 10.4. The summed E-state index contributed by atoms with van der Waals surface area (Å²) in [5.74, 6) is 0. The van der Waals surface area contributed by atoms with Gasteiger partial charge in [-0.2, -0.15) is 0 Å². The van der Waals surface area contributed by atoms with Crippen molar-refractivity contribution < 1.29 is 9.22 Å². The molecular weight excluding hydrogens is 251 g/mol. The summed E-state index contributed by atoms with van der Waals surface area (Å²) in [6, 6.07) is 0. The Morgan fingerprint density at radius 3 is 1.27 bits per heavy atom. The van der Waals surface area contributed by atoms with E-state index in [4.69, 9.17) is 9.22 Å². The van der Waals surface area contributed by atoms with Crippen LogP contribution >= 0.6 is 0 Å². The van der Waals surface area contributed by atoms with Crippen LogP contribution in [0.5, 0.6) is 0 Å². The van der Waals surface area contributed by atoms with E-state index in [2.05, 4.69) is 0 Å². The van der Waals surface area contributed by atoms with Crippen LogP contribution in [0.3, 0.4) is 0 Å². The number of hydrogen-bond donors (Lipinski definition) is 0. The SMILES string of the molecule is CC[O][Sn]([CH3])([O]CC)[O]CC. The minimum absolute atomic E-state index is 0.687. The predicted molar refractivity (Wildman–Crippen MR) is 46.5 cm³/mol. The zero-order valence-corrected chi connectivity index (χ0v) is 10.7. The fourth-order valence-corrected chi connectivity index (χ4v) is 6.11. The average molecular weight is 269 g/mol. The summed E-state index contributed by atoms with van der Waals surface area (Å²) in [7, 11) is 0. The third-order valence-electron chi connectivity index (χ3n) is 1.22. The van der Waals surface area contributed by atoms with E-state index in [-0.39, 0.29) is 0 Å². The Balaban J connectivity index is 3.79. The van der Waals surface area contributed by atoms with E-state index in [1.165, 1.54) is 0 Å². The van der Waals surface area contributed by atoms with E-state index in [9.17, 15) is 0 Å². The zero-order valence-electron chi connectivity index (χ0n) is 7.85. The monoisotopic (exact) mass is 270 g/mol. The van der Waals surface area contributed by atoms with E-state index in [0.29, 0.717) is 19.8 Å². The molecule has 0 atom stereocenters. The second-order valence-corrected chi connectivity index (χ2v) is 9.56. The van der Waals surface area contributed by atoms with Crippen molar-refractivity contribution in [2.75, 3.05) is 19.8 Å². The van der Waals surface area contributed by atoms with E-state index >= 15 is 0 Å². The quantitative estimate of drug-likeness (QED) is 0.686. The molecule has 3 nitrogen and oxygen atoms in total. The van der Waals surface area contributed by atoms with Gasteiger partial charge in [0.05, 0.1) is 0 Å². The van der Waals surface area contributed by atoms with Gasteiger partial charge in [-0.05, 0) is 0 Å². The molecule has 0 saturated heterocycles. The van der Waals surface area contributed by atoms with Gasteiger partial charge in [-0.15, -0.1) is 0 Å². The maximum absolute atomic E-state index is 5.48. The van der Waals surface area contributed by atoms with E-state index in [0.717, 1.165) is 0 Å². The minimum atomic E-state index is -2.97. The summed E-state index contributed by atoms with van der Waals surface area (Å²) in [5.41, 5.74) is 0. The van der Waals surface area contributed by atoms with Crippen molar-refractivity contribution in [3.8, 4) is 0 Å². The van der Waals surface area contributed by atoms with Gasteiger partial charge in [-0.3, -0.25) is 0 Å². The van der Waals surface area contributed by atoms with Gasteiger partial charge in [0.25, 0.3) is 0 Å². The molecule has 0 N–H and O–H groups in total. The molecule has 0 aliphatic rings. The van der Waals surface area contributed by atoms with E-state index in [1.54, 1.807) is 0 Å². The van der Waals surface area contributed by atoms with Crippen LogP contribution in [-0.2, 0) is 9.22 Å². The van der Waals surface area contributed by atoms with Crippen LogP contribution in [-0.4, -0.2) is 39.4 Å². The molecule has 0 spiro atoms. The molecule has 4 heteroatoms. The maximum atomic E-state index is 5.48. The Hall–Kier alpha value is 0.679. The fraction of sp³-hybridized carbons (Fsp3) is 1.00. The second kappa shape index (κ2) is 6.22. The molecular formula is C7H18O3Sn. The van der Waals surface area contributed by atoms with Crippen LogP contribution in [0.25, 0.3) is 0 Å². The second-order valence-electron chi connectivity index (χ2n) is 2.16. The zero-order chi connectivity index (χ0) is 8.74. The molecule has 0 aromatic rings. The Labute approximate surface area is 74.5 Å². The molecule has 0 aliphatic heterocycles. The molecule has 0 unspecified atom stereocenters. The molecule has 0 aromatic heterocycles. The van der Waals surface area contributed by atoms with Crippen LogP contribution in [0.4, 0.5) is 0 Å². The summed E-state index contributed by atoms with van der Waals surface area (Å²) >= 11 is -2.97. The molecule has 0 aromatic carbocycles. The fourth-order valence-electron chi connectivity index (χ4n) is 0.912. The predicted octanol–water partition coefficient (Wildman–Crippen LogP) is 1.66. The van der Waals surface area contributed by atoms with Crippen LogP contribution in [0, 0.1) is 0 Å². The third-order valence-corrected chi connectivity index (χ3v) is 8.18. The van der Waals surface area contributed by atoms with Gasteiger partial charge in [0.2, 0.25) is 0 Å². The molecule has 0 amide bonds. The van der Waals surface area contributed by atoms with Gasteiger partial charge >= 0.3 is 74.4 Å². The first-order valence-electron chi connectivity index (χ1n) is 4.10. The molecule has 0 bridgehead atoms.